The molecule has 0 bridgehead atoms. The summed E-state index contributed by atoms with van der Waals surface area (Å²) in [6, 6.07) is 0.467. The van der Waals surface area contributed by atoms with Crippen LogP contribution in [0.25, 0.3) is 0 Å². The summed E-state index contributed by atoms with van der Waals surface area (Å²) < 4.78 is 0. The van der Waals surface area contributed by atoms with Crippen LogP contribution in [0, 0.1) is 0 Å². The van der Waals surface area contributed by atoms with E-state index >= 15 is 0 Å². The van der Waals surface area contributed by atoms with Crippen LogP contribution in [0.15, 0.2) is 0 Å². The Kier molecular flexibility index (Phi) is 4.80. The van der Waals surface area contributed by atoms with E-state index < -0.39 is 0 Å². The van der Waals surface area contributed by atoms with Crippen molar-refractivity contribution in [2.45, 2.75) is 38.1 Å². The van der Waals surface area contributed by atoms with Gasteiger partial charge < -0.3 is 15.1 Å². The zero-order valence-electron chi connectivity index (χ0n) is 11.0. The Morgan fingerprint density at radius 3 is 2.65 bits per heavy atom. The van der Waals surface area contributed by atoms with Crippen molar-refractivity contribution in [3.8, 4) is 0 Å². The first-order valence-corrected chi connectivity index (χ1v) is 6.97. The number of rotatable bonds is 4. The summed E-state index contributed by atoms with van der Waals surface area (Å²) >= 11 is 0. The molecule has 2 aliphatic heterocycles. The monoisotopic (exact) mass is 239 g/mol. The van der Waals surface area contributed by atoms with Gasteiger partial charge in [0, 0.05) is 19.1 Å². The SMILES string of the molecule is CNCC(=O)N1CCCC1CN1CCCCC1. The van der Waals surface area contributed by atoms with Gasteiger partial charge in [-0.2, -0.15) is 0 Å². The fourth-order valence-corrected chi connectivity index (χ4v) is 3.05. The van der Waals surface area contributed by atoms with E-state index in [0.717, 1.165) is 13.1 Å². The number of amides is 1. The van der Waals surface area contributed by atoms with E-state index in [2.05, 4.69) is 15.1 Å². The summed E-state index contributed by atoms with van der Waals surface area (Å²) in [5.41, 5.74) is 0. The van der Waals surface area contributed by atoms with Gasteiger partial charge in [0.1, 0.15) is 0 Å². The molecule has 0 aromatic heterocycles. The van der Waals surface area contributed by atoms with Gasteiger partial charge in [-0.1, -0.05) is 6.42 Å². The van der Waals surface area contributed by atoms with Crippen molar-refractivity contribution in [3.05, 3.63) is 0 Å². The summed E-state index contributed by atoms with van der Waals surface area (Å²) in [5, 5.41) is 2.96. The highest BCUT2D eigenvalue weighted by molar-refractivity contribution is 5.78. The number of nitrogens with zero attached hydrogens (tertiary/aromatic N) is 2. The highest BCUT2D eigenvalue weighted by atomic mass is 16.2. The number of likely N-dealkylation sites (N-methyl/N-ethyl adjacent to an activating group) is 1. The van der Waals surface area contributed by atoms with E-state index in [-0.39, 0.29) is 5.91 Å². The van der Waals surface area contributed by atoms with Crippen molar-refractivity contribution in [3.63, 3.8) is 0 Å². The number of carbonyl (C=O) groups excluding carboxylic acids is 1. The molecule has 0 aromatic carbocycles. The molecule has 4 heteroatoms. The molecule has 2 saturated heterocycles. The van der Waals surface area contributed by atoms with Gasteiger partial charge in [-0.15, -0.1) is 0 Å². The first kappa shape index (κ1) is 12.8. The number of hydrogen-bond donors (Lipinski definition) is 1. The summed E-state index contributed by atoms with van der Waals surface area (Å²) in [7, 11) is 1.84. The van der Waals surface area contributed by atoms with Crippen LogP contribution in [-0.4, -0.2) is 61.5 Å². The maximum absolute atomic E-state index is 11.9. The molecular formula is C13H25N3O. The lowest BCUT2D eigenvalue weighted by Gasteiger charge is -2.33. The minimum absolute atomic E-state index is 0.270. The average Bonchev–Trinajstić information content (AvgIpc) is 2.79. The molecule has 2 aliphatic rings. The minimum Gasteiger partial charge on any atom is -0.337 e. The number of likely N-dealkylation sites (tertiary alicyclic amines) is 2. The van der Waals surface area contributed by atoms with Crippen molar-refractivity contribution < 1.29 is 4.79 Å². The largest absolute Gasteiger partial charge is 0.337 e. The van der Waals surface area contributed by atoms with Crippen molar-refractivity contribution >= 4 is 5.91 Å². The molecule has 17 heavy (non-hydrogen) atoms. The summed E-state index contributed by atoms with van der Waals surface area (Å²) in [6.45, 7) is 4.99. The number of carbonyl (C=O) groups is 1. The second-order valence-electron chi connectivity index (χ2n) is 5.27. The Balaban J connectivity index is 1.83. The lowest BCUT2D eigenvalue weighted by molar-refractivity contribution is -0.131. The second kappa shape index (κ2) is 6.36. The van der Waals surface area contributed by atoms with E-state index in [1.165, 1.54) is 45.2 Å². The molecule has 2 fully saturated rings. The average molecular weight is 239 g/mol. The summed E-state index contributed by atoms with van der Waals surface area (Å²) in [5.74, 6) is 0.270. The van der Waals surface area contributed by atoms with Gasteiger partial charge in [0.25, 0.3) is 0 Å². The normalized spacial score (nSPS) is 26.4. The molecule has 0 aromatic rings. The molecule has 1 N–H and O–H groups in total. The molecule has 0 saturated carbocycles. The topological polar surface area (TPSA) is 35.6 Å². The van der Waals surface area contributed by atoms with E-state index in [4.69, 9.17) is 0 Å². The number of nitrogens with one attached hydrogen (secondary N) is 1. The van der Waals surface area contributed by atoms with Crippen LogP contribution >= 0.6 is 0 Å². The van der Waals surface area contributed by atoms with E-state index in [0.29, 0.717) is 12.6 Å². The summed E-state index contributed by atoms with van der Waals surface area (Å²) in [6.07, 6.45) is 6.40. The maximum Gasteiger partial charge on any atom is 0.236 e. The van der Waals surface area contributed by atoms with Crippen LogP contribution in [-0.2, 0) is 4.79 Å². The van der Waals surface area contributed by atoms with Gasteiger partial charge in [0.2, 0.25) is 5.91 Å². The first-order valence-electron chi connectivity index (χ1n) is 6.97. The lowest BCUT2D eigenvalue weighted by atomic mass is 10.1. The molecule has 2 heterocycles. The number of hydrogen-bond acceptors (Lipinski definition) is 3. The Morgan fingerprint density at radius 2 is 1.94 bits per heavy atom. The van der Waals surface area contributed by atoms with Crippen LogP contribution < -0.4 is 5.32 Å². The zero-order chi connectivity index (χ0) is 12.1. The van der Waals surface area contributed by atoms with Gasteiger partial charge in [0.05, 0.1) is 6.54 Å². The molecule has 98 valence electrons. The molecular weight excluding hydrogens is 214 g/mol. The van der Waals surface area contributed by atoms with Crippen LogP contribution in [0.4, 0.5) is 0 Å². The van der Waals surface area contributed by atoms with Crippen molar-refractivity contribution in [2.75, 3.05) is 39.8 Å². The third-order valence-corrected chi connectivity index (χ3v) is 3.94. The standard InChI is InChI=1S/C13H25N3O/c1-14-10-13(17)16-9-5-6-12(16)11-15-7-3-2-4-8-15/h12,14H,2-11H2,1H3. The van der Waals surface area contributed by atoms with E-state index in [9.17, 15) is 4.79 Å². The van der Waals surface area contributed by atoms with Crippen molar-refractivity contribution in [1.82, 2.24) is 15.1 Å². The Labute approximate surface area is 104 Å². The molecule has 4 nitrogen and oxygen atoms in total. The third-order valence-electron chi connectivity index (χ3n) is 3.94. The molecule has 1 amide bonds. The minimum atomic E-state index is 0.270. The maximum atomic E-state index is 11.9. The van der Waals surface area contributed by atoms with E-state index in [1.807, 2.05) is 7.05 Å². The Morgan fingerprint density at radius 1 is 1.18 bits per heavy atom. The van der Waals surface area contributed by atoms with Gasteiger partial charge in [-0.3, -0.25) is 4.79 Å². The van der Waals surface area contributed by atoms with Crippen LogP contribution in [0.5, 0.6) is 0 Å². The fourth-order valence-electron chi connectivity index (χ4n) is 3.05. The molecule has 0 radical (unpaired) electrons. The highest BCUT2D eigenvalue weighted by Crippen LogP contribution is 2.20. The zero-order valence-corrected chi connectivity index (χ0v) is 11.0. The predicted octanol–water partition coefficient (Wildman–Crippen LogP) is 0.683. The van der Waals surface area contributed by atoms with Gasteiger partial charge in [-0.05, 0) is 45.8 Å². The molecule has 1 unspecified atom stereocenters. The fraction of sp³-hybridized carbons (Fsp3) is 0.923. The van der Waals surface area contributed by atoms with Crippen LogP contribution in [0.1, 0.15) is 32.1 Å². The van der Waals surface area contributed by atoms with Gasteiger partial charge >= 0.3 is 0 Å². The quantitative estimate of drug-likeness (QED) is 0.784. The van der Waals surface area contributed by atoms with Crippen molar-refractivity contribution in [1.29, 1.82) is 0 Å². The highest BCUT2D eigenvalue weighted by Gasteiger charge is 2.29. The summed E-state index contributed by atoms with van der Waals surface area (Å²) in [4.78, 5) is 16.6. The smallest absolute Gasteiger partial charge is 0.236 e. The van der Waals surface area contributed by atoms with Crippen LogP contribution in [0.2, 0.25) is 0 Å². The van der Waals surface area contributed by atoms with E-state index in [1.54, 1.807) is 0 Å². The number of piperidine rings is 1. The van der Waals surface area contributed by atoms with Crippen LogP contribution in [0.3, 0.4) is 0 Å². The second-order valence-corrected chi connectivity index (χ2v) is 5.27. The molecule has 1 atom stereocenters. The lowest BCUT2D eigenvalue weighted by Crippen LogP contribution is -2.46. The van der Waals surface area contributed by atoms with Gasteiger partial charge in [-0.25, -0.2) is 0 Å². The molecule has 2 rings (SSSR count). The molecule has 0 spiro atoms. The van der Waals surface area contributed by atoms with Crippen molar-refractivity contribution in [2.24, 2.45) is 0 Å². The Hall–Kier alpha value is -0.610. The Bertz CT molecular complexity index is 251. The first-order chi connectivity index (χ1) is 8.31. The van der Waals surface area contributed by atoms with Gasteiger partial charge in [0.15, 0.2) is 0 Å². The predicted molar refractivity (Wildman–Crippen MR) is 69.0 cm³/mol. The molecule has 0 aliphatic carbocycles. The third kappa shape index (κ3) is 3.42.